The smallest absolute Gasteiger partial charge is 0.211 e. The summed E-state index contributed by atoms with van der Waals surface area (Å²) >= 11 is 0. The molecule has 0 aliphatic carbocycles. The molecule has 4 nitrogen and oxygen atoms in total. The van der Waals surface area contributed by atoms with E-state index in [-0.39, 0.29) is 0 Å². The van der Waals surface area contributed by atoms with E-state index in [9.17, 15) is 0 Å². The van der Waals surface area contributed by atoms with Gasteiger partial charge in [-0.05, 0) is 18.9 Å². The average Bonchev–Trinajstić information content (AvgIpc) is 2.75. The van der Waals surface area contributed by atoms with Gasteiger partial charge in [-0.2, -0.15) is 5.10 Å². The van der Waals surface area contributed by atoms with E-state index < -0.39 is 0 Å². The van der Waals surface area contributed by atoms with Crippen molar-refractivity contribution < 1.29 is 4.74 Å². The summed E-state index contributed by atoms with van der Waals surface area (Å²) in [5, 5.41) is 8.08. The molecular formula is C14H27N3O. The third kappa shape index (κ3) is 3.73. The van der Waals surface area contributed by atoms with Crippen molar-refractivity contribution in [3.05, 3.63) is 11.8 Å². The predicted octanol–water partition coefficient (Wildman–Crippen LogP) is 2.91. The molecule has 0 spiro atoms. The first-order chi connectivity index (χ1) is 8.65. The van der Waals surface area contributed by atoms with Crippen LogP contribution in [0.5, 0.6) is 5.88 Å². The Labute approximate surface area is 111 Å². The number of methoxy groups -OCH3 is 1. The summed E-state index contributed by atoms with van der Waals surface area (Å²) in [7, 11) is 3.60. The van der Waals surface area contributed by atoms with Gasteiger partial charge < -0.3 is 10.1 Å². The maximum absolute atomic E-state index is 5.28. The molecule has 0 saturated carbocycles. The SMILES string of the molecule is CCNC(CC(CC)CC)c1cc(OC)n(C)n1. The second kappa shape index (κ2) is 7.41. The van der Waals surface area contributed by atoms with Crippen molar-refractivity contribution in [1.29, 1.82) is 0 Å². The van der Waals surface area contributed by atoms with Crippen LogP contribution in [0.4, 0.5) is 0 Å². The van der Waals surface area contributed by atoms with Gasteiger partial charge >= 0.3 is 0 Å². The number of hydrogen-bond donors (Lipinski definition) is 1. The second-order valence-corrected chi connectivity index (χ2v) is 4.76. The van der Waals surface area contributed by atoms with Gasteiger partial charge in [0.15, 0.2) is 0 Å². The number of aromatic nitrogens is 2. The molecule has 0 aromatic carbocycles. The van der Waals surface area contributed by atoms with E-state index >= 15 is 0 Å². The summed E-state index contributed by atoms with van der Waals surface area (Å²) in [5.74, 6) is 1.57. The van der Waals surface area contributed by atoms with E-state index in [0.29, 0.717) is 6.04 Å². The van der Waals surface area contributed by atoms with Crippen molar-refractivity contribution in [2.45, 2.75) is 46.1 Å². The lowest BCUT2D eigenvalue weighted by Crippen LogP contribution is -2.24. The van der Waals surface area contributed by atoms with Gasteiger partial charge in [0.25, 0.3) is 0 Å². The molecule has 1 unspecified atom stereocenters. The first kappa shape index (κ1) is 15.0. The lowest BCUT2D eigenvalue weighted by Gasteiger charge is -2.21. The van der Waals surface area contributed by atoms with E-state index in [1.165, 1.54) is 12.8 Å². The first-order valence-corrected chi connectivity index (χ1v) is 6.97. The fraction of sp³-hybridized carbons (Fsp3) is 0.786. The van der Waals surface area contributed by atoms with Gasteiger partial charge in [-0.25, -0.2) is 4.68 Å². The van der Waals surface area contributed by atoms with Crippen molar-refractivity contribution >= 4 is 0 Å². The van der Waals surface area contributed by atoms with Crippen molar-refractivity contribution in [1.82, 2.24) is 15.1 Å². The summed E-state index contributed by atoms with van der Waals surface area (Å²) in [5.41, 5.74) is 1.09. The number of nitrogens with zero attached hydrogens (tertiary/aromatic N) is 2. The minimum Gasteiger partial charge on any atom is -0.481 e. The lowest BCUT2D eigenvalue weighted by molar-refractivity contribution is 0.366. The van der Waals surface area contributed by atoms with E-state index in [4.69, 9.17) is 4.74 Å². The Kier molecular flexibility index (Phi) is 6.19. The Bertz CT molecular complexity index is 345. The van der Waals surface area contributed by atoms with Crippen LogP contribution < -0.4 is 10.1 Å². The average molecular weight is 253 g/mol. The summed E-state index contributed by atoms with van der Waals surface area (Å²) < 4.78 is 7.08. The van der Waals surface area contributed by atoms with Gasteiger partial charge in [-0.1, -0.05) is 33.6 Å². The highest BCUT2D eigenvalue weighted by Crippen LogP contribution is 2.26. The van der Waals surface area contributed by atoms with E-state index in [1.54, 1.807) is 11.8 Å². The molecule has 4 heteroatoms. The molecule has 1 aromatic rings. The molecule has 0 aliphatic rings. The Morgan fingerprint density at radius 2 is 2.00 bits per heavy atom. The molecule has 0 aliphatic heterocycles. The van der Waals surface area contributed by atoms with Gasteiger partial charge in [0.1, 0.15) is 0 Å². The summed E-state index contributed by atoms with van der Waals surface area (Å²) in [6.07, 6.45) is 3.59. The molecule has 0 saturated heterocycles. The number of rotatable bonds is 8. The molecule has 104 valence electrons. The number of nitrogens with one attached hydrogen (secondary N) is 1. The molecule has 0 bridgehead atoms. The second-order valence-electron chi connectivity index (χ2n) is 4.76. The highest BCUT2D eigenvalue weighted by Gasteiger charge is 2.19. The first-order valence-electron chi connectivity index (χ1n) is 6.97. The minimum atomic E-state index is 0.329. The third-order valence-electron chi connectivity index (χ3n) is 3.60. The molecule has 1 heterocycles. The summed E-state index contributed by atoms with van der Waals surface area (Å²) in [6.45, 7) is 7.62. The molecule has 0 radical (unpaired) electrons. The highest BCUT2D eigenvalue weighted by molar-refractivity contribution is 5.18. The van der Waals surface area contributed by atoms with Crippen molar-refractivity contribution in [2.75, 3.05) is 13.7 Å². The van der Waals surface area contributed by atoms with E-state index in [2.05, 4.69) is 31.2 Å². The quantitative estimate of drug-likeness (QED) is 0.774. The molecule has 18 heavy (non-hydrogen) atoms. The van der Waals surface area contributed by atoms with E-state index in [1.807, 2.05) is 13.1 Å². The largest absolute Gasteiger partial charge is 0.481 e. The van der Waals surface area contributed by atoms with Gasteiger partial charge in [0.05, 0.1) is 18.8 Å². The van der Waals surface area contributed by atoms with Crippen LogP contribution in [0, 0.1) is 5.92 Å². The fourth-order valence-corrected chi connectivity index (χ4v) is 2.34. The van der Waals surface area contributed by atoms with Crippen molar-refractivity contribution in [3.8, 4) is 5.88 Å². The zero-order chi connectivity index (χ0) is 13.5. The predicted molar refractivity (Wildman–Crippen MR) is 74.9 cm³/mol. The number of aryl methyl sites for hydroxylation is 1. The van der Waals surface area contributed by atoms with Crippen molar-refractivity contribution in [2.24, 2.45) is 13.0 Å². The maximum atomic E-state index is 5.28. The summed E-state index contributed by atoms with van der Waals surface area (Å²) in [6, 6.07) is 2.37. The van der Waals surface area contributed by atoms with Crippen molar-refractivity contribution in [3.63, 3.8) is 0 Å². The summed E-state index contributed by atoms with van der Waals surface area (Å²) in [4.78, 5) is 0. The zero-order valence-corrected chi connectivity index (χ0v) is 12.4. The highest BCUT2D eigenvalue weighted by atomic mass is 16.5. The third-order valence-corrected chi connectivity index (χ3v) is 3.60. The van der Waals surface area contributed by atoms with Crippen LogP contribution >= 0.6 is 0 Å². The Morgan fingerprint density at radius 1 is 1.33 bits per heavy atom. The Hall–Kier alpha value is -1.03. The van der Waals surface area contributed by atoms with Crippen LogP contribution in [-0.4, -0.2) is 23.4 Å². The maximum Gasteiger partial charge on any atom is 0.211 e. The number of ether oxygens (including phenoxy) is 1. The standard InChI is InChI=1S/C14H27N3O/c1-6-11(7-2)9-12(15-8-3)13-10-14(18-5)17(4)16-13/h10-12,15H,6-9H2,1-5H3. The van der Waals surface area contributed by atoms with Crippen LogP contribution in [0.1, 0.15) is 51.8 Å². The molecule has 0 amide bonds. The van der Waals surface area contributed by atoms with Crippen LogP contribution in [0.25, 0.3) is 0 Å². The van der Waals surface area contributed by atoms with Crippen LogP contribution in [0.15, 0.2) is 6.07 Å². The number of hydrogen-bond acceptors (Lipinski definition) is 3. The zero-order valence-electron chi connectivity index (χ0n) is 12.4. The van der Waals surface area contributed by atoms with Gasteiger partial charge in [0.2, 0.25) is 5.88 Å². The monoisotopic (exact) mass is 253 g/mol. The topological polar surface area (TPSA) is 39.1 Å². The van der Waals surface area contributed by atoms with Crippen LogP contribution in [0.3, 0.4) is 0 Å². The van der Waals surface area contributed by atoms with Gasteiger partial charge in [-0.15, -0.1) is 0 Å². The molecule has 0 fully saturated rings. The molecule has 1 atom stereocenters. The normalized spacial score (nSPS) is 13.0. The Balaban J connectivity index is 2.82. The molecule has 1 N–H and O–H groups in total. The van der Waals surface area contributed by atoms with E-state index in [0.717, 1.165) is 30.5 Å². The Morgan fingerprint density at radius 3 is 2.44 bits per heavy atom. The lowest BCUT2D eigenvalue weighted by atomic mass is 9.93. The molecular weight excluding hydrogens is 226 g/mol. The van der Waals surface area contributed by atoms with Gasteiger partial charge in [0, 0.05) is 13.1 Å². The van der Waals surface area contributed by atoms with Gasteiger partial charge in [-0.3, -0.25) is 0 Å². The molecule has 1 rings (SSSR count). The molecule has 1 aromatic heterocycles. The fourth-order valence-electron chi connectivity index (χ4n) is 2.34. The van der Waals surface area contributed by atoms with Crippen LogP contribution in [-0.2, 0) is 7.05 Å². The van der Waals surface area contributed by atoms with Crippen LogP contribution in [0.2, 0.25) is 0 Å². The minimum absolute atomic E-state index is 0.329.